The van der Waals surface area contributed by atoms with Crippen molar-refractivity contribution in [1.82, 2.24) is 4.57 Å². The molecule has 100 valence electrons. The highest BCUT2D eigenvalue weighted by atomic mass is 32.1. The zero-order valence-corrected chi connectivity index (χ0v) is 11.6. The Hall–Kier alpha value is -2.15. The Balaban J connectivity index is 2.54. The zero-order chi connectivity index (χ0) is 14.0. The predicted octanol–water partition coefficient (Wildman–Crippen LogP) is 2.59. The van der Waals surface area contributed by atoms with Crippen molar-refractivity contribution in [2.75, 3.05) is 0 Å². The third-order valence-electron chi connectivity index (χ3n) is 2.32. The molecule has 2 aromatic rings. The van der Waals surface area contributed by atoms with E-state index in [1.807, 2.05) is 25.5 Å². The summed E-state index contributed by atoms with van der Waals surface area (Å²) in [5.74, 6) is 0.295. The minimum atomic E-state index is -1.32. The molecule has 6 nitrogen and oxygen atoms in total. The summed E-state index contributed by atoms with van der Waals surface area (Å²) in [5.41, 5.74) is 1.82. The summed E-state index contributed by atoms with van der Waals surface area (Å²) < 4.78 is 7.42. The topological polar surface area (TPSA) is 76.2 Å². The number of carbonyl (C=O) groups is 1. The largest absolute Gasteiger partial charge is 0.511 e. The monoisotopic (exact) mass is 279 g/mol. The number of fused-ring (bicyclic) bond motifs is 1. The molecule has 0 atom stereocenters. The van der Waals surface area contributed by atoms with Gasteiger partial charge >= 0.3 is 6.16 Å². The Morgan fingerprint density at radius 2 is 2.16 bits per heavy atom. The van der Waals surface area contributed by atoms with E-state index in [4.69, 9.17) is 5.11 Å². The van der Waals surface area contributed by atoms with Crippen molar-refractivity contribution in [3.05, 3.63) is 23.0 Å². The van der Waals surface area contributed by atoms with Crippen molar-refractivity contribution in [2.45, 2.75) is 13.8 Å². The van der Waals surface area contributed by atoms with Crippen LogP contribution in [0.3, 0.4) is 0 Å². The van der Waals surface area contributed by atoms with E-state index >= 15 is 0 Å². The minimum Gasteiger partial charge on any atom is -0.449 e. The lowest BCUT2D eigenvalue weighted by molar-refractivity contribution is 0.144. The van der Waals surface area contributed by atoms with Gasteiger partial charge in [-0.2, -0.15) is 5.10 Å². The molecule has 0 fully saturated rings. The van der Waals surface area contributed by atoms with E-state index in [1.165, 1.54) is 11.3 Å². The highest BCUT2D eigenvalue weighted by Gasteiger charge is 2.06. The van der Waals surface area contributed by atoms with E-state index in [0.717, 1.165) is 20.7 Å². The molecule has 1 N–H and O–H groups in total. The number of thiazole rings is 1. The summed E-state index contributed by atoms with van der Waals surface area (Å²) in [5, 5.41) is 16.8. The molecule has 0 bridgehead atoms. The molecule has 0 radical (unpaired) electrons. The van der Waals surface area contributed by atoms with Gasteiger partial charge in [0.25, 0.3) is 0 Å². The van der Waals surface area contributed by atoms with Crippen LogP contribution < -0.4 is 9.54 Å². The molecule has 0 aliphatic heterocycles. The molecule has 0 amide bonds. The molecule has 0 saturated heterocycles. The molecule has 0 aliphatic carbocycles. The van der Waals surface area contributed by atoms with Crippen LogP contribution in [0.4, 0.5) is 4.79 Å². The maximum Gasteiger partial charge on any atom is 0.511 e. The fourth-order valence-corrected chi connectivity index (χ4v) is 2.52. The number of hydrogen-bond donors (Lipinski definition) is 1. The lowest BCUT2D eigenvalue weighted by Gasteiger charge is -1.99. The summed E-state index contributed by atoms with van der Waals surface area (Å²) in [7, 11) is 1.88. The van der Waals surface area contributed by atoms with E-state index in [1.54, 1.807) is 18.2 Å². The van der Waals surface area contributed by atoms with Crippen LogP contribution in [0.15, 0.2) is 28.4 Å². The van der Waals surface area contributed by atoms with Gasteiger partial charge < -0.3 is 14.4 Å². The van der Waals surface area contributed by atoms with Crippen molar-refractivity contribution >= 4 is 33.4 Å². The number of benzene rings is 1. The number of carboxylic acid groups (broad SMARTS) is 1. The standard InChI is InChI=1S/C12H13N3O3S/c1-7(2)13-14-11-15(3)9-5-4-8(18-12(16)17)6-10(9)19-11/h4-6H,1-3H3,(H,16,17). The highest BCUT2D eigenvalue weighted by molar-refractivity contribution is 7.16. The summed E-state index contributed by atoms with van der Waals surface area (Å²) in [6.07, 6.45) is -1.32. The minimum absolute atomic E-state index is 0.295. The first kappa shape index (κ1) is 13.3. The van der Waals surface area contributed by atoms with E-state index in [0.29, 0.717) is 5.75 Å². The second-order valence-corrected chi connectivity index (χ2v) is 5.10. The lowest BCUT2D eigenvalue weighted by Crippen LogP contribution is -2.09. The molecule has 0 saturated carbocycles. The number of aryl methyl sites for hydroxylation is 1. The maximum absolute atomic E-state index is 10.5. The first-order valence-electron chi connectivity index (χ1n) is 5.52. The van der Waals surface area contributed by atoms with Gasteiger partial charge in [0.2, 0.25) is 4.80 Å². The Labute approximate surface area is 113 Å². The van der Waals surface area contributed by atoms with Gasteiger partial charge in [-0.25, -0.2) is 4.79 Å². The fraction of sp³-hybridized carbons (Fsp3) is 0.250. The maximum atomic E-state index is 10.5. The predicted molar refractivity (Wildman–Crippen MR) is 73.8 cm³/mol. The van der Waals surface area contributed by atoms with Crippen LogP contribution in [-0.4, -0.2) is 21.5 Å². The molecule has 1 heterocycles. The zero-order valence-electron chi connectivity index (χ0n) is 10.7. The lowest BCUT2D eigenvalue weighted by atomic mass is 10.3. The molecule has 0 spiro atoms. The third-order valence-corrected chi connectivity index (χ3v) is 3.41. The molecule has 1 aromatic heterocycles. The van der Waals surface area contributed by atoms with E-state index in [2.05, 4.69) is 14.9 Å². The molecule has 19 heavy (non-hydrogen) atoms. The number of ether oxygens (including phenoxy) is 1. The van der Waals surface area contributed by atoms with Crippen LogP contribution >= 0.6 is 11.3 Å². The third kappa shape index (κ3) is 3.00. The number of nitrogens with zero attached hydrogens (tertiary/aromatic N) is 3. The van der Waals surface area contributed by atoms with Crippen LogP contribution in [0.2, 0.25) is 0 Å². The highest BCUT2D eigenvalue weighted by Crippen LogP contribution is 2.22. The smallest absolute Gasteiger partial charge is 0.449 e. The van der Waals surface area contributed by atoms with Gasteiger partial charge in [-0.1, -0.05) is 11.3 Å². The summed E-state index contributed by atoms with van der Waals surface area (Å²) in [6.45, 7) is 3.74. The average Bonchev–Trinajstić information content (AvgIpc) is 2.62. The number of rotatable bonds is 2. The Kier molecular flexibility index (Phi) is 3.66. The molecule has 7 heteroatoms. The first-order chi connectivity index (χ1) is 8.97. The molecular formula is C12H13N3O3S. The second-order valence-electron chi connectivity index (χ2n) is 4.09. The van der Waals surface area contributed by atoms with Crippen LogP contribution in [-0.2, 0) is 7.05 Å². The van der Waals surface area contributed by atoms with Crippen molar-refractivity contribution in [2.24, 2.45) is 17.3 Å². The normalized spacial score (nSPS) is 11.6. The van der Waals surface area contributed by atoms with E-state index in [-0.39, 0.29) is 0 Å². The molecule has 0 aliphatic rings. The molecular weight excluding hydrogens is 266 g/mol. The van der Waals surface area contributed by atoms with Gasteiger partial charge in [0.1, 0.15) is 5.75 Å². The Morgan fingerprint density at radius 3 is 2.79 bits per heavy atom. The Morgan fingerprint density at radius 1 is 1.42 bits per heavy atom. The van der Waals surface area contributed by atoms with Crippen LogP contribution in [0.25, 0.3) is 10.2 Å². The van der Waals surface area contributed by atoms with Gasteiger partial charge in [0.15, 0.2) is 0 Å². The summed E-state index contributed by atoms with van der Waals surface area (Å²) in [4.78, 5) is 11.2. The molecule has 1 aromatic carbocycles. The number of hydrogen-bond acceptors (Lipinski definition) is 5. The van der Waals surface area contributed by atoms with Crippen molar-refractivity contribution in [1.29, 1.82) is 0 Å². The van der Waals surface area contributed by atoms with Gasteiger partial charge in [-0.05, 0) is 26.0 Å². The van der Waals surface area contributed by atoms with Crippen molar-refractivity contribution in [3.63, 3.8) is 0 Å². The van der Waals surface area contributed by atoms with E-state index in [9.17, 15) is 4.79 Å². The van der Waals surface area contributed by atoms with Crippen molar-refractivity contribution in [3.8, 4) is 5.75 Å². The summed E-state index contributed by atoms with van der Waals surface area (Å²) >= 11 is 1.42. The summed E-state index contributed by atoms with van der Waals surface area (Å²) in [6, 6.07) is 5.09. The first-order valence-corrected chi connectivity index (χ1v) is 6.34. The SMILES string of the molecule is CC(C)=NN=c1sc2cc(OC(=O)O)ccc2n1C. The van der Waals surface area contributed by atoms with Crippen LogP contribution in [0.1, 0.15) is 13.8 Å². The number of aromatic nitrogens is 1. The van der Waals surface area contributed by atoms with Crippen molar-refractivity contribution < 1.29 is 14.6 Å². The van der Waals surface area contributed by atoms with E-state index < -0.39 is 6.16 Å². The molecule has 2 rings (SSSR count). The fourth-order valence-electron chi connectivity index (χ4n) is 1.52. The average molecular weight is 279 g/mol. The quantitative estimate of drug-likeness (QED) is 0.397. The second kappa shape index (κ2) is 5.23. The van der Waals surface area contributed by atoms with Crippen LogP contribution in [0, 0.1) is 0 Å². The molecule has 0 unspecified atom stereocenters. The van der Waals surface area contributed by atoms with Gasteiger partial charge in [-0.15, -0.1) is 5.10 Å². The van der Waals surface area contributed by atoms with Gasteiger partial charge in [0.05, 0.1) is 10.2 Å². The Bertz CT molecular complexity index is 723. The van der Waals surface area contributed by atoms with Gasteiger partial charge in [-0.3, -0.25) is 0 Å². The van der Waals surface area contributed by atoms with Crippen LogP contribution in [0.5, 0.6) is 5.75 Å². The van der Waals surface area contributed by atoms with Gasteiger partial charge in [0, 0.05) is 18.8 Å².